The molecule has 1 fully saturated rings. The molecule has 1 aliphatic heterocycles. The maximum absolute atomic E-state index is 13.4. The van der Waals surface area contributed by atoms with Crippen molar-refractivity contribution in [3.8, 4) is 0 Å². The minimum absolute atomic E-state index is 0.0633. The molecule has 14 N–H and O–H groups in total. The van der Waals surface area contributed by atoms with Crippen LogP contribution in [-0.4, -0.2) is 134 Å². The first-order chi connectivity index (χ1) is 23.2. The molecule has 0 aromatic carbocycles. The Morgan fingerprint density at radius 2 is 1.53 bits per heavy atom. The summed E-state index contributed by atoms with van der Waals surface area (Å²) in [4.78, 5) is 89.1. The summed E-state index contributed by atoms with van der Waals surface area (Å²) >= 11 is 0. The fourth-order valence-electron chi connectivity index (χ4n) is 5.16. The van der Waals surface area contributed by atoms with Gasteiger partial charge in [-0.25, -0.2) is 9.78 Å². The van der Waals surface area contributed by atoms with Crippen LogP contribution in [0.5, 0.6) is 0 Å². The van der Waals surface area contributed by atoms with Gasteiger partial charge in [0.2, 0.25) is 29.5 Å². The minimum Gasteiger partial charge on any atom is -0.480 e. The number of nitrogens with one attached hydrogen (secondary N) is 5. The lowest BCUT2D eigenvalue weighted by atomic mass is 10.0. The Kier molecular flexibility index (Phi) is 16.4. The molecule has 49 heavy (non-hydrogen) atoms. The first kappa shape index (κ1) is 40.4. The molecule has 0 aliphatic carbocycles. The highest BCUT2D eigenvalue weighted by Gasteiger charge is 2.39. The van der Waals surface area contributed by atoms with E-state index in [0.29, 0.717) is 12.1 Å². The number of carbonyl (C=O) groups excluding carboxylic acids is 5. The molecule has 2 heterocycles. The predicted molar refractivity (Wildman–Crippen MR) is 174 cm³/mol. The molecule has 6 atom stereocenters. The van der Waals surface area contributed by atoms with Crippen molar-refractivity contribution in [1.82, 2.24) is 36.1 Å². The largest absolute Gasteiger partial charge is 0.480 e. The van der Waals surface area contributed by atoms with E-state index in [9.17, 15) is 44.1 Å². The summed E-state index contributed by atoms with van der Waals surface area (Å²) in [6.07, 6.45) is 3.95. The number of aliphatic hydroxyl groups is 2. The third-order valence-corrected chi connectivity index (χ3v) is 7.68. The van der Waals surface area contributed by atoms with Gasteiger partial charge in [-0.2, -0.15) is 0 Å². The van der Waals surface area contributed by atoms with Crippen LogP contribution in [0, 0.1) is 5.92 Å². The zero-order chi connectivity index (χ0) is 36.7. The maximum atomic E-state index is 13.4. The molecule has 0 bridgehead atoms. The molecular formula is C29H49N11O9. The van der Waals surface area contributed by atoms with E-state index in [-0.39, 0.29) is 57.1 Å². The van der Waals surface area contributed by atoms with Crippen LogP contribution < -0.4 is 38.5 Å². The Morgan fingerprint density at radius 3 is 2.06 bits per heavy atom. The van der Waals surface area contributed by atoms with E-state index >= 15 is 0 Å². The number of guanidine groups is 1. The number of hydrogen-bond donors (Lipinski definition) is 11. The number of H-pyrrole nitrogens is 1. The van der Waals surface area contributed by atoms with Crippen LogP contribution in [0.2, 0.25) is 0 Å². The van der Waals surface area contributed by atoms with Gasteiger partial charge in [-0.3, -0.25) is 29.0 Å². The van der Waals surface area contributed by atoms with Gasteiger partial charge in [0.15, 0.2) is 5.96 Å². The maximum Gasteiger partial charge on any atom is 0.326 e. The quantitative estimate of drug-likeness (QED) is 0.0348. The topological polar surface area (TPSA) is 334 Å². The number of aromatic nitrogens is 2. The second-order valence-corrected chi connectivity index (χ2v) is 12.1. The minimum atomic E-state index is -1.57. The van der Waals surface area contributed by atoms with Crippen molar-refractivity contribution in [2.24, 2.45) is 28.1 Å². The lowest BCUT2D eigenvalue weighted by molar-refractivity contribution is -0.149. The number of likely N-dealkylation sites (tertiary alicyclic amines) is 1. The average molecular weight is 696 g/mol. The SMILES string of the molecule is CC(C)C[C@H](NC(=O)[C@H](CO)NC(=O)[C@H](CCCN=C(N)N)NC(=O)[C@H](CO)NC(=O)[C@@H](N)Cc1cnc[nH]1)C(=O)N1CCC[C@H]1C(=O)O. The average Bonchev–Trinajstić information content (AvgIpc) is 3.75. The van der Waals surface area contributed by atoms with Gasteiger partial charge < -0.3 is 63.7 Å². The summed E-state index contributed by atoms with van der Waals surface area (Å²) < 4.78 is 0. The number of carboxylic acids is 1. The van der Waals surface area contributed by atoms with E-state index in [0.717, 1.165) is 0 Å². The van der Waals surface area contributed by atoms with Crippen LogP contribution >= 0.6 is 0 Å². The lowest BCUT2D eigenvalue weighted by Crippen LogP contribution is -2.60. The van der Waals surface area contributed by atoms with Crippen molar-refractivity contribution >= 4 is 41.5 Å². The van der Waals surface area contributed by atoms with Crippen LogP contribution in [0.4, 0.5) is 0 Å². The monoisotopic (exact) mass is 695 g/mol. The van der Waals surface area contributed by atoms with Crippen molar-refractivity contribution in [1.29, 1.82) is 0 Å². The highest BCUT2D eigenvalue weighted by molar-refractivity contribution is 5.96. The number of nitrogens with zero attached hydrogens (tertiary/aromatic N) is 3. The highest BCUT2D eigenvalue weighted by Crippen LogP contribution is 2.20. The number of rotatable bonds is 20. The fraction of sp³-hybridized carbons (Fsp3) is 0.655. The summed E-state index contributed by atoms with van der Waals surface area (Å²) in [5.74, 6) is -5.59. The summed E-state index contributed by atoms with van der Waals surface area (Å²) in [6.45, 7) is 2.15. The molecule has 1 aromatic rings. The Hall–Kier alpha value is -4.82. The molecule has 5 amide bonds. The number of amides is 5. The number of aliphatic hydroxyl groups excluding tert-OH is 2. The number of carboxylic acid groups (broad SMARTS) is 1. The summed E-state index contributed by atoms with van der Waals surface area (Å²) in [7, 11) is 0. The number of imidazole rings is 1. The van der Waals surface area contributed by atoms with Crippen molar-refractivity contribution in [2.45, 2.75) is 88.6 Å². The van der Waals surface area contributed by atoms with Crippen molar-refractivity contribution in [3.05, 3.63) is 18.2 Å². The molecule has 0 unspecified atom stereocenters. The number of aromatic amines is 1. The van der Waals surface area contributed by atoms with Crippen LogP contribution in [0.1, 0.15) is 51.6 Å². The van der Waals surface area contributed by atoms with Crippen molar-refractivity contribution < 1.29 is 44.1 Å². The number of aliphatic carboxylic acids is 1. The van der Waals surface area contributed by atoms with Gasteiger partial charge in [-0.1, -0.05) is 13.8 Å². The first-order valence-electron chi connectivity index (χ1n) is 15.9. The van der Waals surface area contributed by atoms with Gasteiger partial charge in [0, 0.05) is 31.4 Å². The number of carbonyl (C=O) groups is 6. The molecule has 20 heteroatoms. The zero-order valence-electron chi connectivity index (χ0n) is 27.6. The van der Waals surface area contributed by atoms with E-state index in [1.54, 1.807) is 13.8 Å². The van der Waals surface area contributed by atoms with E-state index < -0.39 is 85.0 Å². The van der Waals surface area contributed by atoms with Gasteiger partial charge in [-0.05, 0) is 38.0 Å². The predicted octanol–water partition coefficient (Wildman–Crippen LogP) is -4.62. The smallest absolute Gasteiger partial charge is 0.326 e. The van der Waals surface area contributed by atoms with Crippen LogP contribution in [0.15, 0.2) is 17.5 Å². The van der Waals surface area contributed by atoms with Crippen LogP contribution in [-0.2, 0) is 35.2 Å². The molecule has 274 valence electrons. The van der Waals surface area contributed by atoms with Crippen molar-refractivity contribution in [3.63, 3.8) is 0 Å². The van der Waals surface area contributed by atoms with Gasteiger partial charge in [0.1, 0.15) is 30.2 Å². The molecule has 2 rings (SSSR count). The summed E-state index contributed by atoms with van der Waals surface area (Å²) in [6, 6.07) is -7.71. The fourth-order valence-corrected chi connectivity index (χ4v) is 5.16. The Morgan fingerprint density at radius 1 is 0.959 bits per heavy atom. The Labute approximate surface area is 283 Å². The normalized spacial score (nSPS) is 17.3. The Bertz CT molecular complexity index is 1300. The molecular weight excluding hydrogens is 646 g/mol. The number of aliphatic imine (C=N–C) groups is 1. The molecule has 1 aromatic heterocycles. The zero-order valence-corrected chi connectivity index (χ0v) is 27.6. The molecule has 1 saturated heterocycles. The van der Waals surface area contributed by atoms with Gasteiger partial charge in [-0.15, -0.1) is 0 Å². The van der Waals surface area contributed by atoms with Crippen LogP contribution in [0.25, 0.3) is 0 Å². The van der Waals surface area contributed by atoms with Gasteiger partial charge in [0.25, 0.3) is 0 Å². The standard InChI is InChI=1S/C29H49N11O9/c1-15(2)9-19(27(47)40-8-4-6-22(40)28(48)49)37-26(46)21(13-42)39-24(44)18(5-3-7-34-29(31)32)36-25(45)20(12-41)38-23(43)17(30)10-16-11-33-14-35-16/h11,14-15,17-22,41-42H,3-10,12-13,30H2,1-2H3,(H,33,35)(H,36,45)(H,37,46)(H,38,43)(H,39,44)(H,48,49)(H4,31,32,34)/t17-,18-,19-,20-,21-,22-/m0/s1. The molecule has 0 radical (unpaired) electrons. The highest BCUT2D eigenvalue weighted by atomic mass is 16.4. The molecule has 1 aliphatic rings. The summed E-state index contributed by atoms with van der Waals surface area (Å²) in [5, 5.41) is 39.1. The summed E-state index contributed by atoms with van der Waals surface area (Å²) in [5.41, 5.74) is 17.2. The third-order valence-electron chi connectivity index (χ3n) is 7.68. The molecule has 0 spiro atoms. The third kappa shape index (κ3) is 13.0. The molecule has 20 nitrogen and oxygen atoms in total. The van der Waals surface area contributed by atoms with Crippen molar-refractivity contribution in [2.75, 3.05) is 26.3 Å². The van der Waals surface area contributed by atoms with E-state index in [1.165, 1.54) is 17.4 Å². The second kappa shape index (κ2) is 19.9. The first-order valence-corrected chi connectivity index (χ1v) is 15.9. The second-order valence-electron chi connectivity index (χ2n) is 12.1. The number of nitrogens with two attached hydrogens (primary N) is 3. The van der Waals surface area contributed by atoms with E-state index in [1.807, 2.05) is 0 Å². The van der Waals surface area contributed by atoms with E-state index in [4.69, 9.17) is 17.2 Å². The Balaban J connectivity index is 2.16. The van der Waals surface area contributed by atoms with E-state index in [2.05, 4.69) is 36.2 Å². The molecule has 0 saturated carbocycles. The number of hydrogen-bond acceptors (Lipinski definition) is 11. The van der Waals surface area contributed by atoms with Gasteiger partial charge in [0.05, 0.1) is 25.6 Å². The van der Waals surface area contributed by atoms with Crippen LogP contribution in [0.3, 0.4) is 0 Å². The van der Waals surface area contributed by atoms with Gasteiger partial charge >= 0.3 is 5.97 Å². The lowest BCUT2D eigenvalue weighted by Gasteiger charge is -2.29.